The van der Waals surface area contributed by atoms with Gasteiger partial charge in [-0.25, -0.2) is 19.3 Å². The maximum atomic E-state index is 12.9. The Morgan fingerprint density at radius 2 is 1.00 bits per heavy atom. The fraction of sp³-hybridized carbons (Fsp3) is 0.211. The molecule has 4 aromatic carbocycles. The van der Waals surface area contributed by atoms with E-state index in [0.717, 1.165) is 7.11 Å². The molecule has 0 saturated carbocycles. The first kappa shape index (κ1) is 47.3. The molecule has 0 unspecified atom stereocenters. The molecule has 14 nitrogen and oxygen atoms in total. The van der Waals surface area contributed by atoms with Crippen molar-refractivity contribution in [3.05, 3.63) is 130 Å². The van der Waals surface area contributed by atoms with Crippen molar-refractivity contribution in [1.82, 2.24) is 0 Å². The number of para-hydroxylation sites is 2. The van der Waals surface area contributed by atoms with Gasteiger partial charge in [0.15, 0.2) is 22.9 Å². The van der Waals surface area contributed by atoms with E-state index in [4.69, 9.17) is 32.5 Å². The van der Waals surface area contributed by atoms with Crippen LogP contribution in [0.25, 0.3) is 9.69 Å². The van der Waals surface area contributed by atoms with Gasteiger partial charge in [-0.15, -0.1) is 0 Å². The predicted octanol–water partition coefficient (Wildman–Crippen LogP) is 3.75. The second kappa shape index (κ2) is 23.7. The second-order valence-electron chi connectivity index (χ2n) is 9.93. The summed E-state index contributed by atoms with van der Waals surface area (Å²) in [6.07, 6.45) is 0. The predicted molar refractivity (Wildman–Crippen MR) is 194 cm³/mol. The Hall–Kier alpha value is -5.74. The molecule has 272 valence electrons. The molecule has 0 bridgehead atoms. The molecule has 0 aromatic heterocycles. The fourth-order valence-electron chi connectivity index (χ4n) is 4.86. The zero-order valence-corrected chi connectivity index (χ0v) is 32.5. The minimum atomic E-state index is -1.13. The largest absolute Gasteiger partial charge is 1.00 e. The number of carboxylic acids is 1. The van der Waals surface area contributed by atoms with Gasteiger partial charge in [-0.3, -0.25) is 9.59 Å². The number of esters is 1. The number of anilines is 2. The van der Waals surface area contributed by atoms with Crippen LogP contribution in [0.4, 0.5) is 22.7 Å². The van der Waals surface area contributed by atoms with E-state index in [1.165, 1.54) is 37.2 Å². The first-order chi connectivity index (χ1) is 24.6. The SMILES string of the molecule is CO.[C-]#[N+]c1ccc(C(=O)N(CC)c2cccc(C(=O)O)c2OC)cc1.[C-]#[N+]c1ccc(C(=O)N(CC)c2cccc(C(=O)OC)c2OC)cc1.[Na+].[OH-]. The zero-order valence-electron chi connectivity index (χ0n) is 30.5. The van der Waals surface area contributed by atoms with Crippen LogP contribution in [0.2, 0.25) is 0 Å². The molecule has 0 aliphatic rings. The Morgan fingerprint density at radius 1 is 0.642 bits per heavy atom. The van der Waals surface area contributed by atoms with Crippen LogP contribution in [-0.4, -0.2) is 81.0 Å². The third kappa shape index (κ3) is 11.6. The topological polar surface area (TPSA) is 182 Å². The van der Waals surface area contributed by atoms with E-state index in [1.54, 1.807) is 85.8 Å². The van der Waals surface area contributed by atoms with Crippen molar-refractivity contribution in [2.75, 3.05) is 51.3 Å². The normalized spacial score (nSPS) is 9.23. The van der Waals surface area contributed by atoms with Crippen molar-refractivity contribution < 1.29 is 78.6 Å². The number of amides is 2. The summed E-state index contributed by atoms with van der Waals surface area (Å²) in [5, 5.41) is 16.3. The number of methoxy groups -OCH3 is 3. The van der Waals surface area contributed by atoms with Gasteiger partial charge in [0.1, 0.15) is 11.1 Å². The molecule has 0 atom stereocenters. The summed E-state index contributed by atoms with van der Waals surface area (Å²) in [5.74, 6) is -1.79. The van der Waals surface area contributed by atoms with Crippen molar-refractivity contribution in [1.29, 1.82) is 0 Å². The molecular formula is C38H39N4NaO10. The van der Waals surface area contributed by atoms with Gasteiger partial charge in [0.2, 0.25) is 0 Å². The van der Waals surface area contributed by atoms with Gasteiger partial charge in [-0.1, -0.05) is 60.7 Å². The Bertz CT molecular complexity index is 1920. The maximum absolute atomic E-state index is 12.9. The number of carbonyl (C=O) groups excluding carboxylic acids is 3. The fourth-order valence-corrected chi connectivity index (χ4v) is 4.86. The molecule has 0 aliphatic heterocycles. The van der Waals surface area contributed by atoms with Gasteiger partial charge >= 0.3 is 41.5 Å². The van der Waals surface area contributed by atoms with E-state index in [9.17, 15) is 24.3 Å². The van der Waals surface area contributed by atoms with E-state index in [-0.39, 0.29) is 69.5 Å². The number of hydrogen-bond acceptors (Lipinski definition) is 9. The maximum Gasteiger partial charge on any atom is 1.00 e. The van der Waals surface area contributed by atoms with Crippen molar-refractivity contribution in [2.45, 2.75) is 13.8 Å². The minimum absolute atomic E-state index is 0. The van der Waals surface area contributed by atoms with Gasteiger partial charge in [0, 0.05) is 31.3 Å². The summed E-state index contributed by atoms with van der Waals surface area (Å²) in [6.45, 7) is 18.3. The number of ether oxygens (including phenoxy) is 3. The Labute approximate surface area is 330 Å². The number of aliphatic hydroxyl groups is 1. The number of carboxylic acid groups (broad SMARTS) is 1. The standard InChI is InChI=1S/C19H18N2O4.C18H16N2O4.CH4O.Na.H2O/c1-5-21(18(22)13-9-11-14(20-2)12-10-13)16-8-6-7-15(17(16)24-3)19(23)25-4;1-4-20(17(21)12-8-10-13(19-2)11-9-12)15-7-5-6-14(18(22)23)16(15)24-3;1-2;;/h6-12H,5H2,1,3-4H3;5-11H,4H2,1,3H3,(H,22,23);2H,1H3;;1H2/q;;;+1;/p-1. The number of nitrogens with zero attached hydrogens (tertiary/aromatic N) is 4. The third-order valence-electron chi connectivity index (χ3n) is 7.22. The van der Waals surface area contributed by atoms with Crippen LogP contribution in [0, 0.1) is 13.1 Å². The summed E-state index contributed by atoms with van der Waals surface area (Å²) < 4.78 is 15.4. The van der Waals surface area contributed by atoms with Crippen LogP contribution in [-0.2, 0) is 4.74 Å². The molecule has 0 spiro atoms. The molecule has 3 N–H and O–H groups in total. The van der Waals surface area contributed by atoms with E-state index in [1.807, 2.05) is 6.92 Å². The number of aromatic carboxylic acids is 1. The molecule has 2 amide bonds. The molecule has 0 aliphatic carbocycles. The monoisotopic (exact) mass is 734 g/mol. The Morgan fingerprint density at radius 3 is 1.30 bits per heavy atom. The van der Waals surface area contributed by atoms with Crippen LogP contribution in [0.3, 0.4) is 0 Å². The summed E-state index contributed by atoms with van der Waals surface area (Å²) in [5.41, 5.74) is 2.87. The molecule has 4 rings (SSSR count). The zero-order chi connectivity index (χ0) is 38.1. The first-order valence-electron chi connectivity index (χ1n) is 15.3. The van der Waals surface area contributed by atoms with E-state index in [0.29, 0.717) is 47.0 Å². The minimum Gasteiger partial charge on any atom is -0.870 e. The number of aliphatic hydroxyl groups excluding tert-OH is 1. The summed E-state index contributed by atoms with van der Waals surface area (Å²) in [7, 11) is 5.10. The summed E-state index contributed by atoms with van der Waals surface area (Å²) in [6, 6.07) is 22.3. The van der Waals surface area contributed by atoms with Crippen molar-refractivity contribution in [3.63, 3.8) is 0 Å². The van der Waals surface area contributed by atoms with E-state index >= 15 is 0 Å². The molecular weight excluding hydrogens is 695 g/mol. The van der Waals surface area contributed by atoms with Gasteiger partial charge in [-0.2, -0.15) is 0 Å². The molecule has 0 radical (unpaired) electrons. The van der Waals surface area contributed by atoms with Crippen LogP contribution in [0.5, 0.6) is 11.5 Å². The molecule has 15 heteroatoms. The first-order valence-corrected chi connectivity index (χ1v) is 15.3. The molecule has 53 heavy (non-hydrogen) atoms. The van der Waals surface area contributed by atoms with Crippen LogP contribution < -0.4 is 48.8 Å². The Kier molecular flexibility index (Phi) is 21.1. The van der Waals surface area contributed by atoms with Crippen molar-refractivity contribution in [3.8, 4) is 11.5 Å². The third-order valence-corrected chi connectivity index (χ3v) is 7.22. The molecule has 0 fully saturated rings. The van der Waals surface area contributed by atoms with Gasteiger partial charge < -0.3 is 39.7 Å². The van der Waals surface area contributed by atoms with Crippen LogP contribution >= 0.6 is 0 Å². The van der Waals surface area contributed by atoms with E-state index < -0.39 is 11.9 Å². The smallest absolute Gasteiger partial charge is 0.870 e. The Balaban J connectivity index is 0.000000941. The number of carbonyl (C=O) groups is 4. The van der Waals surface area contributed by atoms with E-state index in [2.05, 4.69) is 9.69 Å². The summed E-state index contributed by atoms with van der Waals surface area (Å²) in [4.78, 5) is 58.5. The second-order valence-corrected chi connectivity index (χ2v) is 9.93. The van der Waals surface area contributed by atoms with Crippen LogP contribution in [0.1, 0.15) is 55.3 Å². The van der Waals surface area contributed by atoms with Crippen molar-refractivity contribution >= 4 is 46.5 Å². The number of hydrogen-bond donors (Lipinski definition) is 2. The average molecular weight is 735 g/mol. The quantitative estimate of drug-likeness (QED) is 0.138. The van der Waals surface area contributed by atoms with Gasteiger partial charge in [-0.05, 0) is 38.1 Å². The molecule has 0 heterocycles. The van der Waals surface area contributed by atoms with Crippen molar-refractivity contribution in [2.24, 2.45) is 0 Å². The number of rotatable bonds is 10. The molecule has 0 saturated heterocycles. The van der Waals surface area contributed by atoms with Gasteiger partial charge in [0.25, 0.3) is 11.8 Å². The van der Waals surface area contributed by atoms with Gasteiger partial charge in [0.05, 0.1) is 45.8 Å². The average Bonchev–Trinajstić information content (AvgIpc) is 3.18. The molecule has 4 aromatic rings. The van der Waals surface area contributed by atoms with Crippen LogP contribution in [0.15, 0.2) is 84.9 Å². The number of benzene rings is 4. The summed E-state index contributed by atoms with van der Waals surface area (Å²) >= 11 is 0.